The number of hydrogen-bond donors (Lipinski definition) is 4. The molecule has 62 heavy (non-hydrogen) atoms. The zero-order chi connectivity index (χ0) is 45.3. The minimum atomic E-state index is -4.34. The molecule has 0 bridgehead atoms. The summed E-state index contributed by atoms with van der Waals surface area (Å²) in [4.78, 5) is 22.8. The second-order valence-corrected chi connectivity index (χ2v) is 19.9. The smallest absolute Gasteiger partial charge is 0.387 e. The van der Waals surface area contributed by atoms with E-state index in [0.29, 0.717) is 6.42 Å². The van der Waals surface area contributed by atoms with E-state index in [4.69, 9.17) is 14.8 Å². The molecule has 368 valence electrons. The van der Waals surface area contributed by atoms with Gasteiger partial charge in [0.15, 0.2) is 0 Å². The largest absolute Gasteiger partial charge is 0.472 e. The molecule has 0 saturated heterocycles. The van der Waals surface area contributed by atoms with E-state index in [1.54, 1.807) is 6.08 Å². The Labute approximate surface area is 385 Å². The Morgan fingerprint density at radius 1 is 0.516 bits per heavy atom. The van der Waals surface area contributed by atoms with Crippen LogP contribution in [0.5, 0.6) is 0 Å². The number of carbonyl (C=O) groups is 1. The number of aliphatic hydroxyl groups excluding tert-OH is 1. The summed E-state index contributed by atoms with van der Waals surface area (Å²) in [6.45, 7) is 4.18. The number of carbonyl (C=O) groups excluding carboxylic acids is 1. The number of amides is 1. The highest BCUT2D eigenvalue weighted by molar-refractivity contribution is 7.47. The van der Waals surface area contributed by atoms with E-state index in [0.717, 1.165) is 38.5 Å². The normalized spacial score (nSPS) is 14.0. The fourth-order valence-electron chi connectivity index (χ4n) is 8.19. The van der Waals surface area contributed by atoms with Crippen molar-refractivity contribution in [2.45, 2.75) is 289 Å². The first-order valence-electron chi connectivity index (χ1n) is 27.0. The zero-order valence-electron chi connectivity index (χ0n) is 41.1. The molecule has 9 heteroatoms. The van der Waals surface area contributed by atoms with Crippen LogP contribution in [0.2, 0.25) is 0 Å². The van der Waals surface area contributed by atoms with Gasteiger partial charge in [0.25, 0.3) is 0 Å². The van der Waals surface area contributed by atoms with Gasteiger partial charge in [0.05, 0.1) is 25.4 Å². The Balaban J connectivity index is 4.04. The molecule has 3 unspecified atom stereocenters. The summed E-state index contributed by atoms with van der Waals surface area (Å²) in [5.74, 6) is -0.191. The number of nitrogens with two attached hydrogens (primary N) is 1. The lowest BCUT2D eigenvalue weighted by Gasteiger charge is -2.23. The number of nitrogens with one attached hydrogen (secondary N) is 1. The molecule has 0 aliphatic rings. The molecule has 3 atom stereocenters. The maximum Gasteiger partial charge on any atom is 0.472 e. The van der Waals surface area contributed by atoms with Crippen molar-refractivity contribution in [3.63, 3.8) is 0 Å². The highest BCUT2D eigenvalue weighted by atomic mass is 31.2. The van der Waals surface area contributed by atoms with Gasteiger partial charge in [0.2, 0.25) is 5.91 Å². The Kier molecular flexibility index (Phi) is 48.6. The van der Waals surface area contributed by atoms with Crippen molar-refractivity contribution < 1.29 is 28.4 Å². The molecule has 0 aliphatic carbocycles. The Bertz CT molecular complexity index is 1030. The summed E-state index contributed by atoms with van der Waals surface area (Å²) in [6.07, 6.45) is 59.6. The molecule has 5 N–H and O–H groups in total. The first-order valence-corrected chi connectivity index (χ1v) is 28.5. The van der Waals surface area contributed by atoms with Gasteiger partial charge >= 0.3 is 7.82 Å². The van der Waals surface area contributed by atoms with Crippen LogP contribution in [0, 0.1) is 0 Å². The predicted molar refractivity (Wildman–Crippen MR) is 268 cm³/mol. The van der Waals surface area contributed by atoms with Crippen LogP contribution >= 0.6 is 7.82 Å². The molecule has 0 aromatic carbocycles. The quantitative estimate of drug-likeness (QED) is 0.0272. The summed E-state index contributed by atoms with van der Waals surface area (Å²) < 4.78 is 22.2. The van der Waals surface area contributed by atoms with E-state index < -0.39 is 20.0 Å². The Morgan fingerprint density at radius 2 is 0.839 bits per heavy atom. The van der Waals surface area contributed by atoms with Gasteiger partial charge < -0.3 is 21.1 Å². The van der Waals surface area contributed by atoms with Crippen LogP contribution in [-0.2, 0) is 18.4 Å². The van der Waals surface area contributed by atoms with E-state index in [-0.39, 0.29) is 25.7 Å². The van der Waals surface area contributed by atoms with E-state index >= 15 is 0 Å². The van der Waals surface area contributed by atoms with Crippen molar-refractivity contribution in [1.29, 1.82) is 0 Å². The van der Waals surface area contributed by atoms with Crippen LogP contribution in [0.4, 0.5) is 0 Å². The third-order valence-corrected chi connectivity index (χ3v) is 13.3. The number of allylic oxidation sites excluding steroid dienone is 3. The maximum absolute atomic E-state index is 12.8. The van der Waals surface area contributed by atoms with Crippen LogP contribution in [0.15, 0.2) is 24.3 Å². The van der Waals surface area contributed by atoms with Crippen molar-refractivity contribution in [1.82, 2.24) is 5.32 Å². The van der Waals surface area contributed by atoms with E-state index in [9.17, 15) is 19.4 Å². The number of phosphoric acid groups is 1. The van der Waals surface area contributed by atoms with Crippen LogP contribution in [-0.4, -0.2) is 47.8 Å². The first-order chi connectivity index (χ1) is 30.4. The topological polar surface area (TPSA) is 131 Å². The summed E-state index contributed by atoms with van der Waals surface area (Å²) in [7, 11) is -4.34. The second kappa shape index (κ2) is 49.4. The Morgan fingerprint density at radius 3 is 1.19 bits per heavy atom. The third kappa shape index (κ3) is 47.0. The van der Waals surface area contributed by atoms with Crippen molar-refractivity contribution in [2.24, 2.45) is 5.73 Å². The van der Waals surface area contributed by atoms with E-state index in [1.165, 1.54) is 218 Å². The van der Waals surface area contributed by atoms with Crippen molar-refractivity contribution in [3.8, 4) is 0 Å². The standard InChI is InChI=1S/C53H105N2O6P/c1-3-5-7-9-11-13-15-17-19-21-23-25-26-27-29-31-33-35-37-39-41-43-45-47-53(57)55-51(50-61-62(58,59)60-49-48-54)52(56)46-44-42-40-38-36-34-32-30-28-24-22-20-18-16-14-12-10-8-6-4-2/h21,23,44,46,51-52,56H,3-20,22,24-43,45,47-50,54H2,1-2H3,(H,55,57)(H,58,59)/b23-21-,46-44+. The van der Waals surface area contributed by atoms with Gasteiger partial charge in [-0.2, -0.15) is 0 Å². The number of hydrogen-bond acceptors (Lipinski definition) is 6. The molecule has 0 aliphatic heterocycles. The van der Waals surface area contributed by atoms with E-state index in [1.807, 2.05) is 6.08 Å². The molecule has 8 nitrogen and oxygen atoms in total. The lowest BCUT2D eigenvalue weighted by Crippen LogP contribution is -2.45. The van der Waals surface area contributed by atoms with Gasteiger partial charge in [-0.1, -0.05) is 250 Å². The number of phosphoric ester groups is 1. The Hall–Kier alpha value is -1.02. The number of aliphatic hydroxyl groups is 1. The van der Waals surface area contributed by atoms with Gasteiger partial charge in [-0.25, -0.2) is 4.57 Å². The van der Waals surface area contributed by atoms with Gasteiger partial charge in [-0.3, -0.25) is 13.8 Å². The van der Waals surface area contributed by atoms with Crippen molar-refractivity contribution >= 4 is 13.7 Å². The van der Waals surface area contributed by atoms with Crippen LogP contribution < -0.4 is 11.1 Å². The zero-order valence-corrected chi connectivity index (χ0v) is 42.0. The SMILES string of the molecule is CCCCCCCCCC/C=C\CCCCCCCCCCCCCC(=O)NC(COP(=O)(O)OCCN)C(O)/C=C/CCCCCCCCCCCCCCCCCCCC. The fraction of sp³-hybridized carbons (Fsp3) is 0.906. The molecule has 0 saturated carbocycles. The van der Waals surface area contributed by atoms with Gasteiger partial charge in [0.1, 0.15) is 0 Å². The molecule has 0 heterocycles. The molecule has 0 rings (SSSR count). The average Bonchev–Trinajstić information content (AvgIpc) is 3.26. The molecule has 0 aromatic heterocycles. The van der Waals surface area contributed by atoms with Crippen LogP contribution in [0.1, 0.15) is 277 Å². The van der Waals surface area contributed by atoms with E-state index in [2.05, 4.69) is 31.3 Å². The molecule has 0 aromatic rings. The predicted octanol–water partition coefficient (Wildman–Crippen LogP) is 16.1. The van der Waals surface area contributed by atoms with Crippen LogP contribution in [0.3, 0.4) is 0 Å². The summed E-state index contributed by atoms with van der Waals surface area (Å²) >= 11 is 0. The highest BCUT2D eigenvalue weighted by Crippen LogP contribution is 2.43. The van der Waals surface area contributed by atoms with Gasteiger partial charge in [0, 0.05) is 13.0 Å². The molecule has 0 spiro atoms. The highest BCUT2D eigenvalue weighted by Gasteiger charge is 2.26. The summed E-state index contributed by atoms with van der Waals surface area (Å²) in [6, 6.07) is -0.859. The number of unbranched alkanes of at least 4 members (excludes halogenated alkanes) is 37. The monoisotopic (exact) mass is 897 g/mol. The lowest BCUT2D eigenvalue weighted by molar-refractivity contribution is -0.123. The molecule has 1 amide bonds. The van der Waals surface area contributed by atoms with Gasteiger partial charge in [-0.05, 0) is 44.9 Å². The number of rotatable bonds is 51. The summed E-state index contributed by atoms with van der Waals surface area (Å²) in [5, 5.41) is 13.8. The average molecular weight is 897 g/mol. The molecule has 0 fully saturated rings. The lowest BCUT2D eigenvalue weighted by atomic mass is 10.0. The first kappa shape index (κ1) is 61.0. The van der Waals surface area contributed by atoms with Crippen molar-refractivity contribution in [2.75, 3.05) is 19.8 Å². The maximum atomic E-state index is 12.8. The molecular formula is C53H105N2O6P. The van der Waals surface area contributed by atoms with Gasteiger partial charge in [-0.15, -0.1) is 0 Å². The second-order valence-electron chi connectivity index (χ2n) is 18.4. The summed E-state index contributed by atoms with van der Waals surface area (Å²) in [5.41, 5.74) is 5.40. The van der Waals surface area contributed by atoms with Crippen molar-refractivity contribution in [3.05, 3.63) is 24.3 Å². The van der Waals surface area contributed by atoms with Crippen LogP contribution in [0.25, 0.3) is 0 Å². The third-order valence-electron chi connectivity index (χ3n) is 12.3. The molecule has 0 radical (unpaired) electrons. The molecular weight excluding hydrogens is 792 g/mol. The fourth-order valence-corrected chi connectivity index (χ4v) is 8.95. The minimum Gasteiger partial charge on any atom is -0.387 e. The minimum absolute atomic E-state index is 0.0800.